The third kappa shape index (κ3) is 2.82. The lowest BCUT2D eigenvalue weighted by Crippen LogP contribution is -2.24. The van der Waals surface area contributed by atoms with Crippen molar-refractivity contribution in [2.45, 2.75) is 26.4 Å². The summed E-state index contributed by atoms with van der Waals surface area (Å²) in [7, 11) is 0.771. The van der Waals surface area contributed by atoms with E-state index in [9.17, 15) is 0 Å². The molecule has 1 aromatic rings. The molecule has 0 N–H and O–H groups in total. The summed E-state index contributed by atoms with van der Waals surface area (Å²) in [4.78, 5) is 0. The van der Waals surface area contributed by atoms with Crippen molar-refractivity contribution in [3.63, 3.8) is 0 Å². The van der Waals surface area contributed by atoms with Gasteiger partial charge in [0.25, 0.3) is 0 Å². The van der Waals surface area contributed by atoms with Crippen LogP contribution in [0.1, 0.15) is 26.3 Å². The van der Waals surface area contributed by atoms with E-state index in [1.807, 2.05) is 18.2 Å². The SMILES string of the molecule is C/C(=C\c1ccccc1)C(C)(C)O[SiH3]. The van der Waals surface area contributed by atoms with E-state index in [4.69, 9.17) is 4.43 Å². The summed E-state index contributed by atoms with van der Waals surface area (Å²) in [6.07, 6.45) is 2.18. The van der Waals surface area contributed by atoms with Gasteiger partial charge in [-0.25, -0.2) is 0 Å². The first-order chi connectivity index (χ1) is 6.56. The van der Waals surface area contributed by atoms with E-state index in [-0.39, 0.29) is 5.60 Å². The van der Waals surface area contributed by atoms with Crippen LogP contribution in [-0.4, -0.2) is 16.1 Å². The highest BCUT2D eigenvalue weighted by Gasteiger charge is 2.17. The zero-order valence-corrected chi connectivity index (χ0v) is 11.4. The molecule has 0 spiro atoms. The van der Waals surface area contributed by atoms with E-state index >= 15 is 0 Å². The second kappa shape index (κ2) is 4.58. The minimum atomic E-state index is -0.123. The molecule has 0 atom stereocenters. The highest BCUT2D eigenvalue weighted by molar-refractivity contribution is 5.98. The van der Waals surface area contributed by atoms with Gasteiger partial charge in [-0.2, -0.15) is 0 Å². The average Bonchev–Trinajstić information content (AvgIpc) is 2.19. The Morgan fingerprint density at radius 1 is 1.29 bits per heavy atom. The van der Waals surface area contributed by atoms with Gasteiger partial charge in [-0.3, -0.25) is 0 Å². The van der Waals surface area contributed by atoms with Gasteiger partial charge in [0.2, 0.25) is 0 Å². The largest absolute Gasteiger partial charge is 0.419 e. The molecule has 14 heavy (non-hydrogen) atoms. The van der Waals surface area contributed by atoms with E-state index in [2.05, 4.69) is 39.0 Å². The minimum absolute atomic E-state index is 0.123. The molecule has 0 aromatic heterocycles. The lowest BCUT2D eigenvalue weighted by atomic mass is 9.97. The standard InChI is InChI=1S/C12H18OSi/c1-10(12(2,3)13-14)9-11-7-5-4-6-8-11/h4-9H,1-3,14H3/b10-9+. The fraction of sp³-hybridized carbons (Fsp3) is 0.333. The maximum Gasteiger partial charge on any atom is 0.147 e. The van der Waals surface area contributed by atoms with Gasteiger partial charge < -0.3 is 4.43 Å². The van der Waals surface area contributed by atoms with Gasteiger partial charge in [-0.05, 0) is 31.9 Å². The van der Waals surface area contributed by atoms with Gasteiger partial charge in [0.15, 0.2) is 0 Å². The smallest absolute Gasteiger partial charge is 0.147 e. The molecule has 0 aliphatic rings. The Labute approximate surface area is 89.3 Å². The molecule has 1 aromatic carbocycles. The molecule has 0 aliphatic heterocycles. The molecule has 0 bridgehead atoms. The van der Waals surface area contributed by atoms with Crippen molar-refractivity contribution in [1.29, 1.82) is 0 Å². The fourth-order valence-corrected chi connectivity index (χ4v) is 1.46. The molecule has 0 aliphatic carbocycles. The molecule has 0 fully saturated rings. The Balaban J connectivity index is 2.89. The van der Waals surface area contributed by atoms with E-state index in [0.29, 0.717) is 0 Å². The zero-order valence-electron chi connectivity index (χ0n) is 9.37. The van der Waals surface area contributed by atoms with E-state index in [1.54, 1.807) is 0 Å². The van der Waals surface area contributed by atoms with E-state index in [0.717, 1.165) is 10.5 Å². The van der Waals surface area contributed by atoms with Crippen molar-refractivity contribution in [3.8, 4) is 0 Å². The van der Waals surface area contributed by atoms with Crippen LogP contribution in [0.5, 0.6) is 0 Å². The second-order valence-electron chi connectivity index (χ2n) is 3.95. The van der Waals surface area contributed by atoms with Crippen LogP contribution >= 0.6 is 0 Å². The normalized spacial score (nSPS) is 13.2. The van der Waals surface area contributed by atoms with Crippen molar-refractivity contribution in [3.05, 3.63) is 41.5 Å². The van der Waals surface area contributed by atoms with Crippen LogP contribution in [-0.2, 0) is 4.43 Å². The summed E-state index contributed by atoms with van der Waals surface area (Å²) >= 11 is 0. The second-order valence-corrected chi connectivity index (χ2v) is 4.36. The van der Waals surface area contributed by atoms with E-state index in [1.165, 1.54) is 11.1 Å². The quantitative estimate of drug-likeness (QED) is 0.689. The van der Waals surface area contributed by atoms with Crippen molar-refractivity contribution in [2.75, 3.05) is 0 Å². The summed E-state index contributed by atoms with van der Waals surface area (Å²) in [5.41, 5.74) is 2.37. The molecular formula is C12H18OSi. The first-order valence-electron chi connectivity index (χ1n) is 4.85. The predicted octanol–water partition coefficient (Wildman–Crippen LogP) is 2.17. The Kier molecular flexibility index (Phi) is 3.67. The summed E-state index contributed by atoms with van der Waals surface area (Å²) in [5, 5.41) is 0. The molecule has 2 heteroatoms. The molecule has 76 valence electrons. The van der Waals surface area contributed by atoms with Crippen LogP contribution in [0.15, 0.2) is 35.9 Å². The summed E-state index contributed by atoms with van der Waals surface area (Å²) in [5.74, 6) is 0. The molecule has 0 amide bonds. The topological polar surface area (TPSA) is 9.23 Å². The minimum Gasteiger partial charge on any atom is -0.419 e. The summed E-state index contributed by atoms with van der Waals surface area (Å²) in [6.45, 7) is 6.33. The molecule has 0 radical (unpaired) electrons. The molecule has 0 saturated heterocycles. The van der Waals surface area contributed by atoms with Gasteiger partial charge in [0, 0.05) is 0 Å². The number of rotatable bonds is 3. The molecule has 1 nitrogen and oxygen atoms in total. The Morgan fingerprint density at radius 2 is 1.86 bits per heavy atom. The maximum atomic E-state index is 5.54. The van der Waals surface area contributed by atoms with Crippen LogP contribution in [0.3, 0.4) is 0 Å². The Hall–Kier alpha value is -0.863. The van der Waals surface area contributed by atoms with Gasteiger partial charge in [-0.1, -0.05) is 36.4 Å². The molecule has 0 saturated carbocycles. The third-order valence-corrected chi connectivity index (χ3v) is 3.66. The first-order valence-corrected chi connectivity index (χ1v) is 5.67. The average molecular weight is 206 g/mol. The van der Waals surface area contributed by atoms with Crippen LogP contribution in [0.4, 0.5) is 0 Å². The number of benzene rings is 1. The van der Waals surface area contributed by atoms with Gasteiger partial charge in [-0.15, -0.1) is 0 Å². The lowest BCUT2D eigenvalue weighted by molar-refractivity contribution is 0.167. The number of hydrogen-bond acceptors (Lipinski definition) is 1. The number of hydrogen-bond donors (Lipinski definition) is 0. The van der Waals surface area contributed by atoms with Crippen molar-refractivity contribution < 1.29 is 4.43 Å². The van der Waals surface area contributed by atoms with Gasteiger partial charge in [0.1, 0.15) is 10.5 Å². The third-order valence-electron chi connectivity index (χ3n) is 2.64. The summed E-state index contributed by atoms with van der Waals surface area (Å²) < 4.78 is 5.54. The molecule has 1 rings (SSSR count). The van der Waals surface area contributed by atoms with E-state index < -0.39 is 0 Å². The molecule has 0 unspecified atom stereocenters. The van der Waals surface area contributed by atoms with Crippen molar-refractivity contribution in [1.82, 2.24) is 0 Å². The predicted molar refractivity (Wildman–Crippen MR) is 65.2 cm³/mol. The van der Waals surface area contributed by atoms with Crippen LogP contribution in [0.25, 0.3) is 6.08 Å². The lowest BCUT2D eigenvalue weighted by Gasteiger charge is -2.25. The monoisotopic (exact) mass is 206 g/mol. The molecular weight excluding hydrogens is 188 g/mol. The zero-order chi connectivity index (χ0) is 10.6. The highest BCUT2D eigenvalue weighted by atomic mass is 28.2. The van der Waals surface area contributed by atoms with Crippen molar-refractivity contribution >= 4 is 16.6 Å². The van der Waals surface area contributed by atoms with Crippen molar-refractivity contribution in [2.24, 2.45) is 0 Å². The van der Waals surface area contributed by atoms with Gasteiger partial charge in [0.05, 0.1) is 5.60 Å². The maximum absolute atomic E-state index is 5.54. The Bertz CT molecular complexity index is 314. The van der Waals surface area contributed by atoms with Gasteiger partial charge >= 0.3 is 0 Å². The summed E-state index contributed by atoms with van der Waals surface area (Å²) in [6, 6.07) is 10.3. The first kappa shape index (κ1) is 11.2. The molecule has 0 heterocycles. The van der Waals surface area contributed by atoms with Crippen LogP contribution in [0.2, 0.25) is 0 Å². The fourth-order valence-electron chi connectivity index (χ4n) is 1.13. The van der Waals surface area contributed by atoms with Crippen LogP contribution in [0, 0.1) is 0 Å². The highest BCUT2D eigenvalue weighted by Crippen LogP contribution is 2.21. The van der Waals surface area contributed by atoms with Crippen LogP contribution < -0.4 is 0 Å². The Morgan fingerprint density at radius 3 is 2.36 bits per heavy atom.